The molecule has 0 radical (unpaired) electrons. The lowest BCUT2D eigenvalue weighted by Gasteiger charge is -2.48. The number of ether oxygens (including phenoxy) is 5. The van der Waals surface area contributed by atoms with Crippen molar-refractivity contribution in [2.75, 3.05) is 63.4 Å². The Kier molecular flexibility index (Phi) is 19.9. The SMILES string of the molecule is COc1cccc(F)c1-c1c(F)cc2c(N3C[C@@H](C)N(C(=O)OC(C)(C)C)C[C@@H]3CO)c([N+](=O)[O-])c(=O)n(-c3c(C)ccnc3C(C)C)c2c1F.COc1cccc(F)c1-c1c(F)cc2c3c(c(=O)n(-c4c(C)ccnc4C(C)C)c2c1F)OC[C@H]1CN(C(=O)OC(C)(C)C)[C@H](C)CN31. The Morgan fingerprint density at radius 1 is 0.626 bits per heavy atom. The van der Waals surface area contributed by atoms with E-state index in [-0.39, 0.29) is 90.2 Å². The third-order valence-corrected chi connectivity index (χ3v) is 17.7. The number of hydrogen-bond donors (Lipinski definition) is 1. The van der Waals surface area contributed by atoms with Crippen molar-refractivity contribution in [3.8, 4) is 50.9 Å². The summed E-state index contributed by atoms with van der Waals surface area (Å²) in [5.74, 6) is -7.69. The van der Waals surface area contributed by atoms with Crippen molar-refractivity contribution in [3.63, 3.8) is 0 Å². The van der Waals surface area contributed by atoms with Gasteiger partial charge in [0.25, 0.3) is 5.56 Å². The van der Waals surface area contributed by atoms with E-state index in [1.165, 1.54) is 59.0 Å². The minimum Gasteiger partial charge on any atom is -0.496 e. The van der Waals surface area contributed by atoms with Crippen LogP contribution in [0, 0.1) is 58.9 Å². The van der Waals surface area contributed by atoms with Crippen molar-refractivity contribution in [2.45, 2.75) is 144 Å². The summed E-state index contributed by atoms with van der Waals surface area (Å²) in [5, 5.41) is 23.2. The molecule has 0 saturated carbocycles. The van der Waals surface area contributed by atoms with Crippen molar-refractivity contribution in [2.24, 2.45) is 0 Å². The van der Waals surface area contributed by atoms with Crippen molar-refractivity contribution >= 4 is 51.1 Å². The standard InChI is InChI=1S/C36H40F3N5O7.C36H39F3N4O5/c1-18(2)29-30(19(3)12-13-40-29)43-31-22(14-24(38)27(28(31)39)26-23(37)10-9-11-25(26)50-8)32(33(34(43)46)44(48)49)42-15-20(4)41(16-21(42)17-45)35(47)51-36(5,6)7;1-18(2)29-30(19(3)12-13-40-29)43-31-22(14-24(38)27(28(31)39)26-23(37)10-9-11-25(26)46-8)32-33(34(43)44)47-17-21-16-41(20(4)15-42(21)32)35(45)48-36(5,6)7/h9-14,18,20-21,45H,15-17H2,1-8H3;9-14,18,20-21H,15-17H2,1-8H3/t2*20-,21-/m11/s1. The van der Waals surface area contributed by atoms with Crippen LogP contribution in [0.3, 0.4) is 0 Å². The average Bonchev–Trinajstić information content (AvgIpc) is 0.716. The van der Waals surface area contributed by atoms with E-state index in [4.69, 9.17) is 23.7 Å². The van der Waals surface area contributed by atoms with Gasteiger partial charge in [-0.05, 0) is 141 Å². The number of methoxy groups -OCH3 is 2. The van der Waals surface area contributed by atoms with E-state index in [2.05, 4.69) is 9.97 Å². The second-order valence-electron chi connectivity index (χ2n) is 27.5. The Morgan fingerprint density at radius 3 is 1.48 bits per heavy atom. The first kappa shape index (κ1) is 71.8. The summed E-state index contributed by atoms with van der Waals surface area (Å²) >= 11 is 0. The highest BCUT2D eigenvalue weighted by Gasteiger charge is 2.45. The molecule has 0 spiro atoms. The number of aromatic nitrogens is 4. The summed E-state index contributed by atoms with van der Waals surface area (Å²) in [7, 11) is 2.48. The van der Waals surface area contributed by atoms with Crippen LogP contribution in [0.2, 0.25) is 0 Å². The monoisotopic (exact) mass is 1380 g/mol. The Hall–Kier alpha value is -9.92. The molecule has 0 bridgehead atoms. The number of aliphatic hydroxyl groups is 1. The molecule has 4 aromatic carbocycles. The molecule has 1 N–H and O–H groups in total. The Labute approximate surface area is 567 Å². The van der Waals surface area contributed by atoms with Crippen LogP contribution < -0.4 is 35.1 Å². The van der Waals surface area contributed by atoms with E-state index >= 15 is 26.3 Å². The second kappa shape index (κ2) is 27.4. The van der Waals surface area contributed by atoms with Gasteiger partial charge in [-0.15, -0.1) is 0 Å². The molecule has 0 aliphatic carbocycles. The van der Waals surface area contributed by atoms with Gasteiger partial charge in [0.1, 0.15) is 58.3 Å². The molecule has 2 saturated heterocycles. The van der Waals surface area contributed by atoms with Crippen LogP contribution >= 0.6 is 0 Å². The minimum absolute atomic E-state index is 0.0379. The first-order valence-corrected chi connectivity index (χ1v) is 32.3. The highest BCUT2D eigenvalue weighted by molar-refractivity contribution is 6.02. The first-order valence-electron chi connectivity index (χ1n) is 32.3. The Morgan fingerprint density at radius 2 is 1.06 bits per heavy atom. The summed E-state index contributed by atoms with van der Waals surface area (Å²) in [4.78, 5) is 82.7. The van der Waals surface area contributed by atoms with Crippen molar-refractivity contribution < 1.29 is 69.6 Å². The highest BCUT2D eigenvalue weighted by Crippen LogP contribution is 2.48. The number of nitrogens with zero attached hydrogens (tertiary/aromatic N) is 9. The number of anilines is 2. The van der Waals surface area contributed by atoms with Crippen LogP contribution in [0.4, 0.5) is 53.0 Å². The molecule has 8 aromatic rings. The number of nitro groups is 1. The molecule has 2 fully saturated rings. The Bertz CT molecular complexity index is 4680. The number of carbonyl (C=O) groups is 2. The van der Waals surface area contributed by atoms with Crippen LogP contribution in [0.1, 0.15) is 117 Å². The fourth-order valence-electron chi connectivity index (χ4n) is 13.3. The van der Waals surface area contributed by atoms with Gasteiger partial charge in [0, 0.05) is 61.4 Å². The second-order valence-corrected chi connectivity index (χ2v) is 27.5. The van der Waals surface area contributed by atoms with Crippen molar-refractivity contribution in [3.05, 3.63) is 161 Å². The molecule has 27 heteroatoms. The van der Waals surface area contributed by atoms with Gasteiger partial charge >= 0.3 is 23.4 Å². The summed E-state index contributed by atoms with van der Waals surface area (Å²) < 4.78 is 128. The summed E-state index contributed by atoms with van der Waals surface area (Å²) in [5.41, 5.74) is -5.93. The molecule has 3 aliphatic rings. The quantitative estimate of drug-likeness (QED) is 0.0721. The van der Waals surface area contributed by atoms with Gasteiger partial charge < -0.3 is 48.4 Å². The van der Waals surface area contributed by atoms with E-state index in [0.717, 1.165) is 28.8 Å². The molecule has 99 heavy (non-hydrogen) atoms. The van der Waals surface area contributed by atoms with Crippen LogP contribution in [-0.4, -0.2) is 140 Å². The lowest BCUT2D eigenvalue weighted by molar-refractivity contribution is -0.385. The fourth-order valence-corrected chi connectivity index (χ4v) is 13.3. The van der Waals surface area contributed by atoms with Gasteiger partial charge in [0.05, 0.1) is 99.6 Å². The smallest absolute Gasteiger partial charge is 0.410 e. The number of amides is 2. The van der Waals surface area contributed by atoms with Crippen LogP contribution in [0.25, 0.3) is 55.4 Å². The van der Waals surface area contributed by atoms with Gasteiger partial charge in [-0.25, -0.2) is 35.9 Å². The molecule has 11 rings (SSSR count). The fraction of sp³-hybridized carbons (Fsp3) is 0.417. The van der Waals surface area contributed by atoms with E-state index in [1.807, 2.05) is 25.7 Å². The number of halogens is 6. The van der Waals surface area contributed by atoms with E-state index in [0.29, 0.717) is 28.2 Å². The topological polar surface area (TPSA) is 226 Å². The maximum Gasteiger partial charge on any atom is 0.410 e. The zero-order valence-corrected chi connectivity index (χ0v) is 57.9. The Balaban J connectivity index is 0.000000215. The lowest BCUT2D eigenvalue weighted by atomic mass is 9.96. The van der Waals surface area contributed by atoms with Crippen molar-refractivity contribution in [1.82, 2.24) is 28.9 Å². The molecule has 2 amide bonds. The molecule has 526 valence electrons. The van der Waals surface area contributed by atoms with E-state index < -0.39 is 144 Å². The predicted molar refractivity (Wildman–Crippen MR) is 362 cm³/mol. The molecular formula is C72H79F6N9O12. The number of carbonyl (C=O) groups excluding carboxylic acids is 2. The van der Waals surface area contributed by atoms with Crippen LogP contribution in [0.15, 0.2) is 82.6 Å². The minimum atomic E-state index is -1.39. The van der Waals surface area contributed by atoms with Gasteiger partial charge in [0.15, 0.2) is 11.6 Å². The van der Waals surface area contributed by atoms with Gasteiger partial charge in [-0.2, -0.15) is 0 Å². The molecule has 4 aromatic heterocycles. The third kappa shape index (κ3) is 13.1. The largest absolute Gasteiger partial charge is 0.496 e. The van der Waals surface area contributed by atoms with Crippen LogP contribution in [0.5, 0.6) is 17.2 Å². The number of pyridine rings is 4. The molecule has 0 unspecified atom stereocenters. The number of rotatable bonds is 11. The normalized spacial score (nSPS) is 17.1. The molecule has 7 heterocycles. The predicted octanol–water partition coefficient (Wildman–Crippen LogP) is 13.7. The summed E-state index contributed by atoms with van der Waals surface area (Å²) in [6.45, 7) is 24.0. The van der Waals surface area contributed by atoms with E-state index in [9.17, 15) is 34.4 Å². The van der Waals surface area contributed by atoms with Crippen LogP contribution in [-0.2, 0) is 9.47 Å². The lowest BCUT2D eigenvalue weighted by Crippen LogP contribution is -2.62. The first-order chi connectivity index (χ1) is 46.6. The maximum atomic E-state index is 17.4. The number of aliphatic hydroxyl groups excluding tert-OH is 1. The number of aryl methyl sites for hydroxylation is 2. The molecular weight excluding hydrogens is 1300 g/mol. The zero-order chi connectivity index (χ0) is 72.5. The molecule has 4 atom stereocenters. The number of benzene rings is 4. The highest BCUT2D eigenvalue weighted by atomic mass is 19.2. The maximum absolute atomic E-state index is 17.4. The van der Waals surface area contributed by atoms with E-state index in [1.54, 1.807) is 99.4 Å². The van der Waals surface area contributed by atoms with Gasteiger partial charge in [0.2, 0.25) is 5.75 Å². The number of fused-ring (bicyclic) bond motifs is 6. The zero-order valence-electron chi connectivity index (χ0n) is 57.9. The third-order valence-electron chi connectivity index (χ3n) is 17.7. The summed E-state index contributed by atoms with van der Waals surface area (Å²) in [6, 6.07) is 10.1. The van der Waals surface area contributed by atoms with Gasteiger partial charge in [-0.3, -0.25) is 38.8 Å². The molecule has 3 aliphatic heterocycles. The summed E-state index contributed by atoms with van der Waals surface area (Å²) in [6.07, 6.45) is 1.90. The number of hydrogen-bond acceptors (Lipinski definition) is 16. The van der Waals surface area contributed by atoms with Gasteiger partial charge in [-0.1, -0.05) is 39.8 Å². The average molecular weight is 1380 g/mol. The van der Waals surface area contributed by atoms with Crippen molar-refractivity contribution in [1.29, 1.82) is 0 Å². The number of piperazine rings is 2. The molecule has 21 nitrogen and oxygen atoms in total.